The highest BCUT2D eigenvalue weighted by Gasteiger charge is 2.06. The number of aromatic nitrogens is 2. The maximum atomic E-state index is 4.60. The molecule has 0 aliphatic carbocycles. The first-order chi connectivity index (χ1) is 7.99. The number of hydrogen-bond acceptors (Lipinski definition) is 4. The smallest absolute Gasteiger partial charge is 0.147 e. The Bertz CT molecular complexity index is 336. The lowest BCUT2D eigenvalue weighted by molar-refractivity contribution is 0.578. The van der Waals surface area contributed by atoms with Crippen LogP contribution >= 0.6 is 0 Å². The number of hydrogen-bond donors (Lipinski definition) is 1. The topological polar surface area (TPSA) is 41.1 Å². The summed E-state index contributed by atoms with van der Waals surface area (Å²) in [7, 11) is 2.06. The molecule has 0 aliphatic rings. The summed E-state index contributed by atoms with van der Waals surface area (Å²) in [5, 5.41) is 3.35. The first-order valence-electron chi connectivity index (χ1n) is 6.24. The van der Waals surface area contributed by atoms with Gasteiger partial charge in [-0.2, -0.15) is 0 Å². The maximum Gasteiger partial charge on any atom is 0.147 e. The summed E-state index contributed by atoms with van der Waals surface area (Å²) in [5.41, 5.74) is 0.992. The van der Waals surface area contributed by atoms with E-state index < -0.39 is 0 Å². The van der Waals surface area contributed by atoms with Gasteiger partial charge in [-0.05, 0) is 5.92 Å². The second-order valence-corrected chi connectivity index (χ2v) is 5.18. The van der Waals surface area contributed by atoms with Gasteiger partial charge >= 0.3 is 0 Å². The molecule has 0 saturated heterocycles. The fourth-order valence-electron chi connectivity index (χ4n) is 1.61. The van der Waals surface area contributed by atoms with E-state index in [2.05, 4.69) is 54.9 Å². The van der Waals surface area contributed by atoms with Crippen LogP contribution in [0.1, 0.15) is 33.4 Å². The molecule has 0 radical (unpaired) electrons. The molecule has 1 heterocycles. The lowest BCUT2D eigenvalue weighted by Crippen LogP contribution is -2.25. The summed E-state index contributed by atoms with van der Waals surface area (Å²) in [4.78, 5) is 11.0. The third-order valence-corrected chi connectivity index (χ3v) is 2.39. The summed E-state index contributed by atoms with van der Waals surface area (Å²) in [6, 6.07) is 0.467. The van der Waals surface area contributed by atoms with Crippen molar-refractivity contribution in [1.29, 1.82) is 0 Å². The van der Waals surface area contributed by atoms with Crippen LogP contribution in [0.3, 0.4) is 0 Å². The molecule has 0 bridgehead atoms. The van der Waals surface area contributed by atoms with Gasteiger partial charge in [0.15, 0.2) is 0 Å². The molecular formula is C13H24N4. The van der Waals surface area contributed by atoms with E-state index in [-0.39, 0.29) is 0 Å². The quantitative estimate of drug-likeness (QED) is 0.821. The molecule has 0 spiro atoms. The zero-order chi connectivity index (χ0) is 12.8. The Kier molecular flexibility index (Phi) is 5.35. The maximum absolute atomic E-state index is 4.60. The first kappa shape index (κ1) is 13.9. The number of anilines is 1. The van der Waals surface area contributed by atoms with E-state index in [0.717, 1.165) is 24.6 Å². The van der Waals surface area contributed by atoms with Gasteiger partial charge in [-0.25, -0.2) is 4.98 Å². The van der Waals surface area contributed by atoms with Gasteiger partial charge in [-0.15, -0.1) is 0 Å². The van der Waals surface area contributed by atoms with Crippen LogP contribution in [0.2, 0.25) is 0 Å². The van der Waals surface area contributed by atoms with Crippen molar-refractivity contribution in [3.8, 4) is 0 Å². The van der Waals surface area contributed by atoms with E-state index in [1.807, 2.05) is 12.4 Å². The minimum Gasteiger partial charge on any atom is -0.358 e. The van der Waals surface area contributed by atoms with E-state index in [9.17, 15) is 0 Å². The van der Waals surface area contributed by atoms with E-state index in [0.29, 0.717) is 12.0 Å². The summed E-state index contributed by atoms with van der Waals surface area (Å²) >= 11 is 0. The molecule has 96 valence electrons. The molecule has 0 atom stereocenters. The Morgan fingerprint density at radius 1 is 1.24 bits per heavy atom. The molecule has 1 aromatic heterocycles. The molecule has 0 aliphatic heterocycles. The molecule has 17 heavy (non-hydrogen) atoms. The van der Waals surface area contributed by atoms with Gasteiger partial charge < -0.3 is 10.2 Å². The molecule has 0 unspecified atom stereocenters. The van der Waals surface area contributed by atoms with E-state index >= 15 is 0 Å². The Morgan fingerprint density at radius 2 is 1.94 bits per heavy atom. The third-order valence-electron chi connectivity index (χ3n) is 2.39. The summed E-state index contributed by atoms with van der Waals surface area (Å²) in [5.74, 6) is 1.57. The molecule has 0 fully saturated rings. The zero-order valence-corrected chi connectivity index (χ0v) is 11.6. The summed E-state index contributed by atoms with van der Waals surface area (Å²) in [6.07, 6.45) is 3.64. The molecule has 4 heteroatoms. The molecule has 4 nitrogen and oxygen atoms in total. The number of nitrogens with one attached hydrogen (secondary N) is 1. The highest BCUT2D eigenvalue weighted by atomic mass is 15.2. The molecule has 1 aromatic rings. The average molecular weight is 236 g/mol. The average Bonchev–Trinajstić information content (AvgIpc) is 2.26. The van der Waals surface area contributed by atoms with Crippen molar-refractivity contribution >= 4 is 5.82 Å². The largest absolute Gasteiger partial charge is 0.358 e. The zero-order valence-electron chi connectivity index (χ0n) is 11.6. The van der Waals surface area contributed by atoms with Crippen molar-refractivity contribution in [1.82, 2.24) is 15.3 Å². The Labute approximate surface area is 104 Å². The van der Waals surface area contributed by atoms with E-state index in [1.54, 1.807) is 0 Å². The highest BCUT2D eigenvalue weighted by molar-refractivity contribution is 5.35. The highest BCUT2D eigenvalue weighted by Crippen LogP contribution is 2.09. The Hall–Kier alpha value is -1.16. The molecule has 0 amide bonds. The third kappa shape index (κ3) is 5.13. The minimum absolute atomic E-state index is 0.467. The minimum atomic E-state index is 0.467. The van der Waals surface area contributed by atoms with Crippen molar-refractivity contribution in [2.24, 2.45) is 5.92 Å². The molecular weight excluding hydrogens is 212 g/mol. The Morgan fingerprint density at radius 3 is 2.53 bits per heavy atom. The van der Waals surface area contributed by atoms with Crippen LogP contribution in [0.15, 0.2) is 12.4 Å². The van der Waals surface area contributed by atoms with E-state index in [1.165, 1.54) is 0 Å². The first-order valence-corrected chi connectivity index (χ1v) is 6.24. The Balaban J connectivity index is 2.64. The van der Waals surface area contributed by atoms with Crippen LogP contribution in [-0.4, -0.2) is 29.6 Å². The fourth-order valence-corrected chi connectivity index (χ4v) is 1.61. The van der Waals surface area contributed by atoms with Gasteiger partial charge in [0.1, 0.15) is 5.82 Å². The fraction of sp³-hybridized carbons (Fsp3) is 0.692. The van der Waals surface area contributed by atoms with Crippen LogP contribution in [0.5, 0.6) is 0 Å². The van der Waals surface area contributed by atoms with Crippen molar-refractivity contribution in [3.05, 3.63) is 18.1 Å². The predicted molar refractivity (Wildman–Crippen MR) is 72.1 cm³/mol. The number of nitrogens with zero attached hydrogens (tertiary/aromatic N) is 3. The van der Waals surface area contributed by atoms with Crippen LogP contribution in [0.25, 0.3) is 0 Å². The molecule has 0 saturated carbocycles. The molecule has 1 N–H and O–H groups in total. The molecule has 1 rings (SSSR count). The lowest BCUT2D eigenvalue weighted by atomic mass is 10.2. The van der Waals surface area contributed by atoms with Gasteiger partial charge in [0.2, 0.25) is 0 Å². The van der Waals surface area contributed by atoms with Crippen molar-refractivity contribution in [3.63, 3.8) is 0 Å². The standard InChI is InChI=1S/C13H24N4/c1-10(2)9-17(5)13-8-14-6-12(16-13)7-15-11(3)4/h6,8,10-11,15H,7,9H2,1-5H3. The van der Waals surface area contributed by atoms with Gasteiger partial charge in [0.25, 0.3) is 0 Å². The second-order valence-electron chi connectivity index (χ2n) is 5.18. The predicted octanol–water partition coefficient (Wildman–Crippen LogP) is 2.07. The second kappa shape index (κ2) is 6.55. The van der Waals surface area contributed by atoms with Gasteiger partial charge in [-0.3, -0.25) is 4.98 Å². The van der Waals surface area contributed by atoms with E-state index in [4.69, 9.17) is 0 Å². The van der Waals surface area contributed by atoms with Crippen molar-refractivity contribution in [2.75, 3.05) is 18.5 Å². The normalized spacial score (nSPS) is 11.2. The van der Waals surface area contributed by atoms with Crippen LogP contribution in [0.4, 0.5) is 5.82 Å². The van der Waals surface area contributed by atoms with Gasteiger partial charge in [0, 0.05) is 32.4 Å². The monoisotopic (exact) mass is 236 g/mol. The van der Waals surface area contributed by atoms with Crippen molar-refractivity contribution in [2.45, 2.75) is 40.3 Å². The molecule has 0 aromatic carbocycles. The van der Waals surface area contributed by atoms with Gasteiger partial charge in [-0.1, -0.05) is 27.7 Å². The van der Waals surface area contributed by atoms with Crippen LogP contribution in [0, 0.1) is 5.92 Å². The van der Waals surface area contributed by atoms with Gasteiger partial charge in [0.05, 0.1) is 11.9 Å². The SMILES string of the molecule is CC(C)CN(C)c1cncc(CNC(C)C)n1. The number of rotatable bonds is 6. The summed E-state index contributed by atoms with van der Waals surface area (Å²) < 4.78 is 0. The lowest BCUT2D eigenvalue weighted by Gasteiger charge is -2.20. The van der Waals surface area contributed by atoms with Crippen LogP contribution in [-0.2, 0) is 6.54 Å². The van der Waals surface area contributed by atoms with Crippen molar-refractivity contribution < 1.29 is 0 Å². The van der Waals surface area contributed by atoms with Crippen LogP contribution < -0.4 is 10.2 Å². The summed E-state index contributed by atoms with van der Waals surface area (Å²) in [6.45, 7) is 10.4.